The van der Waals surface area contributed by atoms with Crippen LogP contribution in [0.25, 0.3) is 10.9 Å². The van der Waals surface area contributed by atoms with E-state index in [0.29, 0.717) is 11.3 Å². The summed E-state index contributed by atoms with van der Waals surface area (Å²) in [6.07, 6.45) is 11.1. The number of carbonyl (C=O) groups is 2. The van der Waals surface area contributed by atoms with Gasteiger partial charge in [-0.2, -0.15) is 5.10 Å². The minimum atomic E-state index is -0.388. The Labute approximate surface area is 218 Å². The minimum absolute atomic E-state index is 0. The number of aromatic amines is 1. The van der Waals surface area contributed by atoms with Gasteiger partial charge in [0.2, 0.25) is 0 Å². The van der Waals surface area contributed by atoms with E-state index < -0.39 is 0 Å². The molecule has 1 aromatic carbocycles. The van der Waals surface area contributed by atoms with E-state index in [1.807, 2.05) is 20.8 Å². The highest BCUT2D eigenvalue weighted by atomic mass is 16.6. The van der Waals surface area contributed by atoms with Gasteiger partial charge in [0.1, 0.15) is 17.0 Å². The highest BCUT2D eigenvalue weighted by Crippen LogP contribution is 2.33. The summed E-state index contributed by atoms with van der Waals surface area (Å²) in [5, 5.41) is 10.3. The largest absolute Gasteiger partial charge is 0.496 e. The van der Waals surface area contributed by atoms with Crippen LogP contribution in [0.15, 0.2) is 41.5 Å². The topological polar surface area (TPSA) is 115 Å². The smallest absolute Gasteiger partial charge is 0.309 e. The van der Waals surface area contributed by atoms with Gasteiger partial charge in [0.15, 0.2) is 0 Å². The molecule has 200 valence electrons. The Balaban J connectivity index is 0.000000245. The summed E-state index contributed by atoms with van der Waals surface area (Å²) in [6, 6.07) is 7.04. The third kappa shape index (κ3) is 6.78. The molecule has 2 aliphatic carbocycles. The Hall–Kier alpha value is -3.62. The maximum atomic E-state index is 12.6. The molecule has 37 heavy (non-hydrogen) atoms. The first-order valence-corrected chi connectivity index (χ1v) is 12.9. The van der Waals surface area contributed by atoms with Gasteiger partial charge in [-0.15, -0.1) is 0 Å². The van der Waals surface area contributed by atoms with Crippen molar-refractivity contribution < 1.29 is 20.5 Å². The van der Waals surface area contributed by atoms with E-state index in [-0.39, 0.29) is 42.1 Å². The van der Waals surface area contributed by atoms with Crippen LogP contribution in [0.3, 0.4) is 0 Å². The first-order chi connectivity index (χ1) is 17.7. The zero-order chi connectivity index (χ0) is 26.6. The zero-order valence-corrected chi connectivity index (χ0v) is 22.0. The monoisotopic (exact) mass is 510 g/mol. The first-order valence-electron chi connectivity index (χ1n) is 12.9. The number of nitrogens with zero attached hydrogens (tertiary/aromatic N) is 2. The zero-order valence-electron chi connectivity index (χ0n) is 22.0. The van der Waals surface area contributed by atoms with E-state index >= 15 is 0 Å². The molecule has 0 saturated heterocycles. The maximum Gasteiger partial charge on any atom is 0.309 e. The van der Waals surface area contributed by atoms with Gasteiger partial charge in [0, 0.05) is 25.1 Å². The van der Waals surface area contributed by atoms with E-state index in [2.05, 4.69) is 15.5 Å². The predicted molar refractivity (Wildman–Crippen MR) is 144 cm³/mol. The molecule has 0 atom stereocenters. The number of hydrogen-bond donors (Lipinski definition) is 2. The summed E-state index contributed by atoms with van der Waals surface area (Å²) >= 11 is 0. The lowest BCUT2D eigenvalue weighted by Gasteiger charge is -2.25. The quantitative estimate of drug-likeness (QED) is 0.440. The number of ether oxygens (including phenoxy) is 2. The van der Waals surface area contributed by atoms with Crippen molar-refractivity contribution in [2.24, 2.45) is 5.92 Å². The third-order valence-corrected chi connectivity index (χ3v) is 6.51. The van der Waals surface area contributed by atoms with Crippen LogP contribution in [-0.2, 0) is 9.53 Å². The summed E-state index contributed by atoms with van der Waals surface area (Å²) in [6.45, 7) is 5.77. The molecule has 0 bridgehead atoms. The van der Waals surface area contributed by atoms with Crippen molar-refractivity contribution in [3.05, 3.63) is 52.6 Å². The van der Waals surface area contributed by atoms with E-state index in [1.54, 1.807) is 41.2 Å². The van der Waals surface area contributed by atoms with Gasteiger partial charge < -0.3 is 19.4 Å². The third-order valence-electron chi connectivity index (χ3n) is 6.51. The molecule has 3 aromatic rings. The molecular weight excluding hydrogens is 472 g/mol. The molecule has 0 radical (unpaired) electrons. The summed E-state index contributed by atoms with van der Waals surface area (Å²) in [4.78, 5) is 36.7. The number of nitrogens with one attached hydrogen (secondary N) is 2. The molecule has 0 unspecified atom stereocenters. The predicted octanol–water partition coefficient (Wildman–Crippen LogP) is 5.47. The number of amides is 1. The van der Waals surface area contributed by atoms with Crippen molar-refractivity contribution in [1.29, 1.82) is 0 Å². The average molecular weight is 511 g/mol. The lowest BCUT2D eigenvalue weighted by atomic mass is 9.89. The van der Waals surface area contributed by atoms with Crippen LogP contribution in [0.2, 0.25) is 0 Å². The van der Waals surface area contributed by atoms with Crippen LogP contribution < -0.4 is 15.6 Å². The Morgan fingerprint density at radius 3 is 2.51 bits per heavy atom. The number of fused-ring (bicyclic) bond motifs is 1. The summed E-state index contributed by atoms with van der Waals surface area (Å²) in [5.41, 5.74) is 0.890. The number of methoxy groups -OCH3 is 1. The number of pyridine rings is 1. The van der Waals surface area contributed by atoms with Gasteiger partial charge in [-0.05, 0) is 64.7 Å². The lowest BCUT2D eigenvalue weighted by molar-refractivity contribution is -0.161. The van der Waals surface area contributed by atoms with Gasteiger partial charge in [-0.1, -0.05) is 19.3 Å². The number of anilines is 1. The van der Waals surface area contributed by atoms with Crippen LogP contribution in [0, 0.1) is 5.92 Å². The maximum absolute atomic E-state index is 12.6. The van der Waals surface area contributed by atoms with Crippen molar-refractivity contribution >= 4 is 28.5 Å². The number of hydrogen-bond acceptors (Lipinski definition) is 6. The molecule has 2 fully saturated rings. The number of benzene rings is 1. The number of rotatable bonds is 5. The number of carbonyl (C=O) groups excluding carboxylic acids is 2. The average Bonchev–Trinajstić information content (AvgIpc) is 3.61. The first kappa shape index (κ1) is 26.4. The Kier molecular flexibility index (Phi) is 8.00. The second-order valence-electron chi connectivity index (χ2n) is 10.7. The summed E-state index contributed by atoms with van der Waals surface area (Å²) in [7, 11) is 1.50. The van der Waals surface area contributed by atoms with Gasteiger partial charge in [-0.25, -0.2) is 0 Å². The standard InChI is InChI=1S/C17H16N4O3.C11H20O2.H2/c1-24-15-8-14-10(9-18-20-14)7-12(15)16(22)19-13-3-2-6-21(17(13)23)11-4-5-11;1-11(2,3)13-10(12)9-7-5-4-6-8-9;/h2-3,6-9,11H,4-5H2,1H3,(H,18,20)(H,19,22);9H,4-8H2,1-3H3;1H. The van der Waals surface area contributed by atoms with Gasteiger partial charge in [-0.3, -0.25) is 19.5 Å². The molecule has 0 aliphatic heterocycles. The molecule has 9 nitrogen and oxygen atoms in total. The van der Waals surface area contributed by atoms with Gasteiger partial charge >= 0.3 is 5.97 Å². The SMILES string of the molecule is CC(C)(C)OC(=O)C1CCCCC1.COc1cc2[nH]ncc2cc1C(=O)Nc1cccn(C2CC2)c1=O.[HH]. The van der Waals surface area contributed by atoms with Crippen molar-refractivity contribution in [2.45, 2.75) is 77.4 Å². The van der Waals surface area contributed by atoms with E-state index in [4.69, 9.17) is 9.47 Å². The van der Waals surface area contributed by atoms with E-state index in [1.165, 1.54) is 26.4 Å². The van der Waals surface area contributed by atoms with Crippen molar-refractivity contribution in [3.63, 3.8) is 0 Å². The fourth-order valence-corrected chi connectivity index (χ4v) is 4.48. The van der Waals surface area contributed by atoms with Crippen LogP contribution in [-0.4, -0.2) is 39.4 Å². The lowest BCUT2D eigenvalue weighted by Crippen LogP contribution is -2.29. The Bertz CT molecular complexity index is 1320. The van der Waals surface area contributed by atoms with Gasteiger partial charge in [0.05, 0.1) is 30.3 Å². The second kappa shape index (κ2) is 11.2. The van der Waals surface area contributed by atoms with Crippen molar-refractivity contribution in [2.75, 3.05) is 12.4 Å². The second-order valence-corrected chi connectivity index (χ2v) is 10.7. The van der Waals surface area contributed by atoms with Crippen molar-refractivity contribution in [1.82, 2.24) is 14.8 Å². The normalized spacial score (nSPS) is 16.0. The molecule has 2 N–H and O–H groups in total. The fourth-order valence-electron chi connectivity index (χ4n) is 4.48. The molecule has 0 spiro atoms. The molecular formula is C28H38N4O5. The Morgan fingerprint density at radius 2 is 1.86 bits per heavy atom. The minimum Gasteiger partial charge on any atom is -0.496 e. The molecule has 2 aliphatic rings. The number of esters is 1. The van der Waals surface area contributed by atoms with Crippen LogP contribution in [0.5, 0.6) is 5.75 Å². The van der Waals surface area contributed by atoms with Crippen LogP contribution in [0.4, 0.5) is 5.69 Å². The van der Waals surface area contributed by atoms with E-state index in [0.717, 1.165) is 36.6 Å². The van der Waals surface area contributed by atoms with E-state index in [9.17, 15) is 14.4 Å². The highest BCUT2D eigenvalue weighted by Gasteiger charge is 2.27. The van der Waals surface area contributed by atoms with Crippen molar-refractivity contribution in [3.8, 4) is 5.75 Å². The number of aromatic nitrogens is 3. The summed E-state index contributed by atoms with van der Waals surface area (Å²) in [5.74, 6) is 0.212. The number of H-pyrrole nitrogens is 1. The highest BCUT2D eigenvalue weighted by molar-refractivity contribution is 6.08. The van der Waals surface area contributed by atoms with Crippen LogP contribution >= 0.6 is 0 Å². The van der Waals surface area contributed by atoms with Crippen LogP contribution in [0.1, 0.15) is 83.5 Å². The molecule has 2 saturated carbocycles. The molecule has 5 rings (SSSR count). The Morgan fingerprint density at radius 1 is 1.14 bits per heavy atom. The van der Waals surface area contributed by atoms with Gasteiger partial charge in [0.25, 0.3) is 11.5 Å². The molecule has 1 amide bonds. The molecule has 9 heteroatoms. The summed E-state index contributed by atoms with van der Waals surface area (Å²) < 4.78 is 12.3. The fraction of sp³-hybridized carbons (Fsp3) is 0.500. The molecule has 2 heterocycles. The molecule has 2 aromatic heterocycles.